The second-order valence-corrected chi connectivity index (χ2v) is 6.37. The van der Waals surface area contributed by atoms with Gasteiger partial charge in [0, 0.05) is 11.1 Å². The number of rotatable bonds is 3. The molecule has 1 rings (SSSR count). The maximum atomic E-state index is 12.7. The molecule has 0 unspecified atom stereocenters. The minimum absolute atomic E-state index is 0. The second-order valence-electron chi connectivity index (χ2n) is 5.96. The van der Waals surface area contributed by atoms with Crippen LogP contribution in [0.3, 0.4) is 0 Å². The molecule has 0 radical (unpaired) electrons. The van der Waals surface area contributed by atoms with Crippen molar-refractivity contribution in [3.63, 3.8) is 0 Å². The fraction of sp³-hybridized carbons (Fsp3) is 0.571. The summed E-state index contributed by atoms with van der Waals surface area (Å²) in [5.74, 6) is 0. The lowest BCUT2D eigenvalue weighted by molar-refractivity contribution is -0.137. The van der Waals surface area contributed by atoms with Gasteiger partial charge in [0.05, 0.1) is 11.7 Å². The normalized spacial score (nSPS) is 15.3. The number of hydrogen-bond acceptors (Lipinski definition) is 2. The molecule has 0 aliphatic heterocycles. The van der Waals surface area contributed by atoms with Gasteiger partial charge in [-0.2, -0.15) is 13.2 Å². The fourth-order valence-electron chi connectivity index (χ4n) is 1.70. The van der Waals surface area contributed by atoms with Crippen molar-refractivity contribution in [2.24, 2.45) is 11.1 Å². The van der Waals surface area contributed by atoms with Gasteiger partial charge in [-0.15, -0.1) is 12.4 Å². The zero-order chi connectivity index (χ0) is 15.7. The first-order valence-corrected chi connectivity index (χ1v) is 6.61. The van der Waals surface area contributed by atoms with E-state index in [1.807, 2.05) is 20.8 Å². The standard InChI is InChI=1S/C14H19ClF3NO.ClH/c1-13(2,3)12(19)7-11(20)9-6-8(14(16,17)18)4-5-10(9)15;/h4-6,11-12,20H,7,19H2,1-3H3;1H/t11-,12-;/m1./s1. The van der Waals surface area contributed by atoms with E-state index < -0.39 is 17.8 Å². The van der Waals surface area contributed by atoms with Gasteiger partial charge in [0.1, 0.15) is 0 Å². The second kappa shape index (κ2) is 7.18. The molecule has 0 bridgehead atoms. The summed E-state index contributed by atoms with van der Waals surface area (Å²) in [7, 11) is 0. The largest absolute Gasteiger partial charge is 0.416 e. The van der Waals surface area contributed by atoms with Gasteiger partial charge in [-0.25, -0.2) is 0 Å². The van der Waals surface area contributed by atoms with Gasteiger partial charge in [-0.1, -0.05) is 32.4 Å². The Morgan fingerprint density at radius 1 is 1.24 bits per heavy atom. The molecule has 0 saturated carbocycles. The number of nitrogens with two attached hydrogens (primary N) is 1. The zero-order valence-electron chi connectivity index (χ0n) is 12.0. The third-order valence-corrected chi connectivity index (χ3v) is 3.62. The summed E-state index contributed by atoms with van der Waals surface area (Å²) in [6.07, 6.45) is -5.45. The van der Waals surface area contributed by atoms with E-state index >= 15 is 0 Å². The van der Waals surface area contributed by atoms with Gasteiger partial charge in [0.15, 0.2) is 0 Å². The van der Waals surface area contributed by atoms with E-state index in [1.54, 1.807) is 0 Å². The highest BCUT2D eigenvalue weighted by atomic mass is 35.5. The molecule has 2 nitrogen and oxygen atoms in total. The van der Waals surface area contributed by atoms with Crippen LogP contribution in [0.1, 0.15) is 44.4 Å². The molecule has 0 aliphatic rings. The van der Waals surface area contributed by atoms with Gasteiger partial charge < -0.3 is 10.8 Å². The van der Waals surface area contributed by atoms with E-state index in [9.17, 15) is 18.3 Å². The first-order chi connectivity index (χ1) is 8.93. The van der Waals surface area contributed by atoms with Crippen LogP contribution in [0.15, 0.2) is 18.2 Å². The molecule has 3 N–H and O–H groups in total. The summed E-state index contributed by atoms with van der Waals surface area (Å²) >= 11 is 5.87. The van der Waals surface area contributed by atoms with E-state index in [4.69, 9.17) is 17.3 Å². The molecule has 0 aliphatic carbocycles. The smallest absolute Gasteiger partial charge is 0.388 e. The third-order valence-electron chi connectivity index (χ3n) is 3.27. The molecule has 0 spiro atoms. The molecule has 1 aromatic rings. The number of benzene rings is 1. The average Bonchev–Trinajstić information content (AvgIpc) is 2.26. The van der Waals surface area contributed by atoms with Crippen molar-refractivity contribution in [1.82, 2.24) is 0 Å². The summed E-state index contributed by atoms with van der Waals surface area (Å²) in [6, 6.07) is 2.55. The number of alkyl halides is 3. The van der Waals surface area contributed by atoms with Crippen molar-refractivity contribution >= 4 is 24.0 Å². The molecule has 0 fully saturated rings. The lowest BCUT2D eigenvalue weighted by Gasteiger charge is -2.29. The van der Waals surface area contributed by atoms with Crippen LogP contribution < -0.4 is 5.73 Å². The SMILES string of the molecule is CC(C)(C)[C@H](N)C[C@@H](O)c1cc(C(F)(F)F)ccc1Cl.Cl. The molecule has 122 valence electrons. The highest BCUT2D eigenvalue weighted by Gasteiger charge is 2.32. The minimum atomic E-state index is -4.47. The van der Waals surface area contributed by atoms with Crippen LogP contribution in [-0.4, -0.2) is 11.1 Å². The van der Waals surface area contributed by atoms with E-state index in [0.29, 0.717) is 0 Å². The van der Waals surface area contributed by atoms with Crippen LogP contribution in [0.2, 0.25) is 5.02 Å². The minimum Gasteiger partial charge on any atom is -0.388 e. The molecule has 1 aromatic carbocycles. The van der Waals surface area contributed by atoms with Crippen LogP contribution in [0, 0.1) is 5.41 Å². The van der Waals surface area contributed by atoms with E-state index in [0.717, 1.165) is 18.2 Å². The predicted octanol–water partition coefficient (Wildman–Crippen LogP) is 4.58. The lowest BCUT2D eigenvalue weighted by Crippen LogP contribution is -2.36. The molecular formula is C14H20Cl2F3NO. The van der Waals surface area contributed by atoms with Crippen LogP contribution in [0.5, 0.6) is 0 Å². The topological polar surface area (TPSA) is 46.2 Å². The van der Waals surface area contributed by atoms with Gasteiger partial charge in [-0.05, 0) is 35.6 Å². The molecule has 21 heavy (non-hydrogen) atoms. The Bertz CT molecular complexity index is 472. The number of halogens is 5. The number of hydrogen-bond donors (Lipinski definition) is 2. The Kier molecular flexibility index (Phi) is 7.01. The molecular weight excluding hydrogens is 326 g/mol. The van der Waals surface area contributed by atoms with Gasteiger partial charge in [0.2, 0.25) is 0 Å². The molecule has 0 amide bonds. The van der Waals surface area contributed by atoms with Crippen molar-refractivity contribution in [3.8, 4) is 0 Å². The summed E-state index contributed by atoms with van der Waals surface area (Å²) in [5, 5.41) is 10.2. The monoisotopic (exact) mass is 345 g/mol. The predicted molar refractivity (Wildman–Crippen MR) is 80.7 cm³/mol. The summed E-state index contributed by atoms with van der Waals surface area (Å²) in [4.78, 5) is 0. The van der Waals surface area contributed by atoms with E-state index in [-0.39, 0.29) is 40.9 Å². The molecule has 2 atom stereocenters. The maximum absolute atomic E-state index is 12.7. The number of aliphatic hydroxyl groups is 1. The lowest BCUT2D eigenvalue weighted by atomic mass is 9.83. The summed E-state index contributed by atoms with van der Waals surface area (Å²) in [6.45, 7) is 5.70. The van der Waals surface area contributed by atoms with Crippen molar-refractivity contribution in [2.75, 3.05) is 0 Å². The maximum Gasteiger partial charge on any atom is 0.416 e. The zero-order valence-corrected chi connectivity index (χ0v) is 13.6. The Morgan fingerprint density at radius 2 is 1.76 bits per heavy atom. The average molecular weight is 346 g/mol. The Labute approximate surface area is 133 Å². The van der Waals surface area contributed by atoms with Crippen molar-refractivity contribution in [2.45, 2.75) is 45.5 Å². The highest BCUT2D eigenvalue weighted by molar-refractivity contribution is 6.31. The molecule has 7 heteroatoms. The van der Waals surface area contributed by atoms with Crippen LogP contribution >= 0.6 is 24.0 Å². The molecule has 0 saturated heterocycles. The Balaban J connectivity index is 0.00000400. The van der Waals surface area contributed by atoms with Crippen LogP contribution in [-0.2, 0) is 6.18 Å². The van der Waals surface area contributed by atoms with Gasteiger partial charge in [-0.3, -0.25) is 0 Å². The Morgan fingerprint density at radius 3 is 2.19 bits per heavy atom. The van der Waals surface area contributed by atoms with E-state index in [2.05, 4.69) is 0 Å². The first-order valence-electron chi connectivity index (χ1n) is 6.23. The summed E-state index contributed by atoms with van der Waals surface area (Å²) < 4.78 is 38.0. The highest BCUT2D eigenvalue weighted by Crippen LogP contribution is 2.35. The van der Waals surface area contributed by atoms with E-state index in [1.165, 1.54) is 0 Å². The first kappa shape index (κ1) is 20.5. The molecule has 0 heterocycles. The van der Waals surface area contributed by atoms with Crippen LogP contribution in [0.25, 0.3) is 0 Å². The fourth-order valence-corrected chi connectivity index (χ4v) is 1.94. The third kappa shape index (κ3) is 5.66. The van der Waals surface area contributed by atoms with Crippen molar-refractivity contribution < 1.29 is 18.3 Å². The molecule has 0 aromatic heterocycles. The number of aliphatic hydroxyl groups excluding tert-OH is 1. The summed E-state index contributed by atoms with van der Waals surface area (Å²) in [5.41, 5.74) is 4.91. The quantitative estimate of drug-likeness (QED) is 0.842. The van der Waals surface area contributed by atoms with Gasteiger partial charge >= 0.3 is 6.18 Å². The van der Waals surface area contributed by atoms with Gasteiger partial charge in [0.25, 0.3) is 0 Å². The van der Waals surface area contributed by atoms with Crippen molar-refractivity contribution in [1.29, 1.82) is 0 Å². The Hall–Kier alpha value is -0.490. The van der Waals surface area contributed by atoms with Crippen molar-refractivity contribution in [3.05, 3.63) is 34.3 Å². The van der Waals surface area contributed by atoms with Crippen LogP contribution in [0.4, 0.5) is 13.2 Å².